The highest BCUT2D eigenvalue weighted by Gasteiger charge is 2.09. The molecule has 0 aliphatic heterocycles. The standard InChI is InChI=1S/C21H15N3OS/c1-26-19-5-3-2-4-17(19)21-22-12-16-10-11-18(23-20(16)24-21)15-8-6-14(13-25)7-9-15/h2-13H,1H3. The van der Waals surface area contributed by atoms with Gasteiger partial charge in [0, 0.05) is 33.2 Å². The van der Waals surface area contributed by atoms with Gasteiger partial charge in [-0.1, -0.05) is 42.5 Å². The number of benzene rings is 2. The van der Waals surface area contributed by atoms with Crippen molar-refractivity contribution in [2.45, 2.75) is 4.90 Å². The van der Waals surface area contributed by atoms with Crippen molar-refractivity contribution in [2.75, 3.05) is 6.26 Å². The van der Waals surface area contributed by atoms with Crippen LogP contribution in [-0.4, -0.2) is 27.5 Å². The molecule has 0 saturated heterocycles. The third-order valence-corrected chi connectivity index (χ3v) is 4.93. The highest BCUT2D eigenvalue weighted by Crippen LogP contribution is 2.28. The van der Waals surface area contributed by atoms with Gasteiger partial charge < -0.3 is 0 Å². The predicted molar refractivity (Wildman–Crippen MR) is 105 cm³/mol. The fraction of sp³-hybridized carbons (Fsp3) is 0.0476. The molecule has 2 aromatic heterocycles. The minimum atomic E-state index is 0.646. The minimum absolute atomic E-state index is 0.646. The van der Waals surface area contributed by atoms with E-state index >= 15 is 0 Å². The van der Waals surface area contributed by atoms with Crippen LogP contribution in [0.4, 0.5) is 0 Å². The Labute approximate surface area is 155 Å². The van der Waals surface area contributed by atoms with Crippen LogP contribution in [0.1, 0.15) is 10.4 Å². The molecule has 0 unspecified atom stereocenters. The van der Waals surface area contributed by atoms with E-state index in [1.54, 1.807) is 30.1 Å². The molecule has 0 spiro atoms. The minimum Gasteiger partial charge on any atom is -0.298 e. The SMILES string of the molecule is CSc1ccccc1-c1ncc2ccc(-c3ccc(C=O)cc3)nc2n1. The van der Waals surface area contributed by atoms with Crippen LogP contribution in [0.15, 0.2) is 71.8 Å². The summed E-state index contributed by atoms with van der Waals surface area (Å²) >= 11 is 1.67. The summed E-state index contributed by atoms with van der Waals surface area (Å²) in [5.74, 6) is 0.670. The van der Waals surface area contributed by atoms with E-state index in [4.69, 9.17) is 4.98 Å². The molecule has 0 saturated carbocycles. The van der Waals surface area contributed by atoms with Gasteiger partial charge in [-0.2, -0.15) is 0 Å². The molecule has 0 aliphatic carbocycles. The highest BCUT2D eigenvalue weighted by atomic mass is 32.2. The third-order valence-electron chi connectivity index (χ3n) is 4.13. The summed E-state index contributed by atoms with van der Waals surface area (Å²) in [7, 11) is 0. The quantitative estimate of drug-likeness (QED) is 0.384. The Balaban J connectivity index is 1.80. The van der Waals surface area contributed by atoms with E-state index in [0.29, 0.717) is 17.0 Å². The van der Waals surface area contributed by atoms with Crippen LogP contribution in [0, 0.1) is 0 Å². The molecule has 26 heavy (non-hydrogen) atoms. The Morgan fingerprint density at radius 1 is 0.923 bits per heavy atom. The van der Waals surface area contributed by atoms with Crippen molar-refractivity contribution < 1.29 is 4.79 Å². The number of rotatable bonds is 4. The molecule has 0 amide bonds. The van der Waals surface area contributed by atoms with Crippen molar-refractivity contribution in [3.63, 3.8) is 0 Å². The summed E-state index contributed by atoms with van der Waals surface area (Å²) in [6, 6.07) is 19.3. The molecule has 2 heterocycles. The van der Waals surface area contributed by atoms with E-state index < -0.39 is 0 Å². The zero-order valence-corrected chi connectivity index (χ0v) is 14.9. The van der Waals surface area contributed by atoms with E-state index in [0.717, 1.165) is 33.4 Å². The van der Waals surface area contributed by atoms with Gasteiger partial charge in [0.05, 0.1) is 5.69 Å². The van der Waals surface area contributed by atoms with E-state index in [-0.39, 0.29) is 0 Å². The first-order valence-electron chi connectivity index (χ1n) is 8.11. The van der Waals surface area contributed by atoms with Crippen LogP contribution >= 0.6 is 11.8 Å². The highest BCUT2D eigenvalue weighted by molar-refractivity contribution is 7.98. The van der Waals surface area contributed by atoms with Gasteiger partial charge in [0.2, 0.25) is 0 Å². The Morgan fingerprint density at radius 3 is 2.50 bits per heavy atom. The summed E-state index contributed by atoms with van der Waals surface area (Å²) in [5.41, 5.74) is 4.07. The first-order valence-corrected chi connectivity index (χ1v) is 9.34. The zero-order chi connectivity index (χ0) is 17.9. The third kappa shape index (κ3) is 3.09. The van der Waals surface area contributed by atoms with Gasteiger partial charge in [0.15, 0.2) is 11.5 Å². The topological polar surface area (TPSA) is 55.7 Å². The molecule has 4 rings (SSSR count). The molecule has 0 aliphatic rings. The molecule has 4 nitrogen and oxygen atoms in total. The van der Waals surface area contributed by atoms with Crippen LogP contribution in [-0.2, 0) is 0 Å². The van der Waals surface area contributed by atoms with Gasteiger partial charge in [0.1, 0.15) is 6.29 Å². The first kappa shape index (κ1) is 16.4. The number of nitrogens with zero attached hydrogens (tertiary/aromatic N) is 3. The molecule has 0 N–H and O–H groups in total. The van der Waals surface area contributed by atoms with Crippen molar-refractivity contribution >= 4 is 29.1 Å². The van der Waals surface area contributed by atoms with Gasteiger partial charge in [-0.05, 0) is 24.5 Å². The summed E-state index contributed by atoms with van der Waals surface area (Å²) in [4.78, 5) is 25.8. The van der Waals surface area contributed by atoms with E-state index in [1.165, 1.54) is 0 Å². The average molecular weight is 357 g/mol. The number of carbonyl (C=O) groups is 1. The van der Waals surface area contributed by atoms with Gasteiger partial charge >= 0.3 is 0 Å². The molecule has 0 fully saturated rings. The largest absolute Gasteiger partial charge is 0.298 e. The van der Waals surface area contributed by atoms with Gasteiger partial charge in [-0.3, -0.25) is 4.79 Å². The Hall–Kier alpha value is -3.05. The smallest absolute Gasteiger partial charge is 0.163 e. The Morgan fingerprint density at radius 2 is 1.73 bits per heavy atom. The van der Waals surface area contributed by atoms with Crippen LogP contribution in [0.2, 0.25) is 0 Å². The zero-order valence-electron chi connectivity index (χ0n) is 14.1. The summed E-state index contributed by atoms with van der Waals surface area (Å²) < 4.78 is 0. The van der Waals surface area contributed by atoms with Crippen molar-refractivity contribution in [3.05, 3.63) is 72.4 Å². The van der Waals surface area contributed by atoms with Crippen molar-refractivity contribution in [1.82, 2.24) is 15.0 Å². The molecular weight excluding hydrogens is 342 g/mol. The van der Waals surface area contributed by atoms with E-state index in [9.17, 15) is 4.79 Å². The molecule has 5 heteroatoms. The monoisotopic (exact) mass is 357 g/mol. The lowest BCUT2D eigenvalue weighted by Gasteiger charge is -2.07. The van der Waals surface area contributed by atoms with Gasteiger partial charge in [0.25, 0.3) is 0 Å². The number of hydrogen-bond acceptors (Lipinski definition) is 5. The Bertz CT molecular complexity index is 1090. The lowest BCUT2D eigenvalue weighted by Crippen LogP contribution is -1.94. The number of aromatic nitrogens is 3. The molecule has 126 valence electrons. The second kappa shape index (κ2) is 7.06. The molecular formula is C21H15N3OS. The average Bonchev–Trinajstić information content (AvgIpc) is 2.73. The summed E-state index contributed by atoms with van der Waals surface area (Å²) in [5, 5.41) is 0.892. The van der Waals surface area contributed by atoms with Crippen molar-refractivity contribution in [3.8, 4) is 22.6 Å². The summed E-state index contributed by atoms with van der Waals surface area (Å²) in [6.07, 6.45) is 4.68. The van der Waals surface area contributed by atoms with Crippen LogP contribution < -0.4 is 0 Å². The number of thioether (sulfide) groups is 1. The van der Waals surface area contributed by atoms with Crippen LogP contribution in [0.3, 0.4) is 0 Å². The number of carbonyl (C=O) groups excluding carboxylic acids is 1. The van der Waals surface area contributed by atoms with E-state index in [2.05, 4.69) is 16.0 Å². The van der Waals surface area contributed by atoms with Crippen molar-refractivity contribution in [1.29, 1.82) is 0 Å². The second-order valence-corrected chi connectivity index (χ2v) is 6.59. The lowest BCUT2D eigenvalue weighted by molar-refractivity contribution is 0.112. The molecule has 0 atom stereocenters. The van der Waals surface area contributed by atoms with Gasteiger partial charge in [-0.15, -0.1) is 11.8 Å². The number of aldehydes is 1. The maximum absolute atomic E-state index is 10.8. The maximum Gasteiger partial charge on any atom is 0.163 e. The molecule has 2 aromatic carbocycles. The summed E-state index contributed by atoms with van der Waals surface area (Å²) in [6.45, 7) is 0. The molecule has 0 radical (unpaired) electrons. The maximum atomic E-state index is 10.8. The Kier molecular flexibility index (Phi) is 4.46. The van der Waals surface area contributed by atoms with Crippen molar-refractivity contribution in [2.24, 2.45) is 0 Å². The fourth-order valence-corrected chi connectivity index (χ4v) is 3.36. The fourth-order valence-electron chi connectivity index (χ4n) is 2.76. The lowest BCUT2D eigenvalue weighted by atomic mass is 10.1. The molecule has 0 bridgehead atoms. The second-order valence-electron chi connectivity index (χ2n) is 5.74. The first-order chi connectivity index (χ1) is 12.8. The van der Waals surface area contributed by atoms with Crippen LogP contribution in [0.25, 0.3) is 33.7 Å². The van der Waals surface area contributed by atoms with Gasteiger partial charge in [-0.25, -0.2) is 15.0 Å². The van der Waals surface area contributed by atoms with Crippen LogP contribution in [0.5, 0.6) is 0 Å². The molecule has 4 aromatic rings. The number of fused-ring (bicyclic) bond motifs is 1. The normalized spacial score (nSPS) is 10.8. The number of hydrogen-bond donors (Lipinski definition) is 0. The number of pyridine rings is 1. The van der Waals surface area contributed by atoms with E-state index in [1.807, 2.05) is 48.7 Å². The predicted octanol–water partition coefficient (Wildman–Crippen LogP) is 4.89.